The molecule has 2 rings (SSSR count). The highest BCUT2D eigenvalue weighted by atomic mass is 35.5. The minimum atomic E-state index is -0.781. The number of amides is 2. The van der Waals surface area contributed by atoms with Crippen molar-refractivity contribution in [3.63, 3.8) is 0 Å². The van der Waals surface area contributed by atoms with Gasteiger partial charge in [-0.15, -0.1) is 0 Å². The minimum Gasteiger partial charge on any atom is -0.490 e. The Balaban J connectivity index is 2.21. The smallest absolute Gasteiger partial charge is 0.311 e. The normalized spacial score (nSPS) is 11.6. The maximum atomic E-state index is 13.0. The van der Waals surface area contributed by atoms with Crippen molar-refractivity contribution in [2.75, 3.05) is 13.7 Å². The molecule has 0 aromatic heterocycles. The first kappa shape index (κ1) is 24.9. The summed E-state index contributed by atoms with van der Waals surface area (Å²) < 4.78 is 10.6. The SMILES string of the molecule is COc1cc(OCC(=O)N(Cc2ccccc2Cl)C(C)C(=O)NC(C)C)ccc1[N+](=O)[O-]. The molecule has 0 fully saturated rings. The molecule has 1 atom stereocenters. The number of nitro benzene ring substituents is 1. The van der Waals surface area contributed by atoms with Gasteiger partial charge in [0, 0.05) is 29.7 Å². The fourth-order valence-electron chi connectivity index (χ4n) is 2.92. The van der Waals surface area contributed by atoms with E-state index in [2.05, 4.69) is 5.32 Å². The largest absolute Gasteiger partial charge is 0.490 e. The maximum Gasteiger partial charge on any atom is 0.311 e. The van der Waals surface area contributed by atoms with Crippen LogP contribution in [0.2, 0.25) is 5.02 Å². The van der Waals surface area contributed by atoms with Crippen LogP contribution in [0.1, 0.15) is 26.3 Å². The summed E-state index contributed by atoms with van der Waals surface area (Å²) in [5.74, 6) is -0.526. The number of ether oxygens (including phenoxy) is 2. The molecule has 32 heavy (non-hydrogen) atoms. The van der Waals surface area contributed by atoms with Crippen LogP contribution in [0.25, 0.3) is 0 Å². The summed E-state index contributed by atoms with van der Waals surface area (Å²) >= 11 is 6.25. The van der Waals surface area contributed by atoms with E-state index in [1.54, 1.807) is 31.2 Å². The molecule has 0 radical (unpaired) electrons. The number of hydrogen-bond acceptors (Lipinski definition) is 6. The third-order valence-corrected chi connectivity index (χ3v) is 4.98. The van der Waals surface area contributed by atoms with E-state index in [-0.39, 0.29) is 42.3 Å². The average Bonchev–Trinajstić information content (AvgIpc) is 2.75. The van der Waals surface area contributed by atoms with E-state index >= 15 is 0 Å². The number of hydrogen-bond donors (Lipinski definition) is 1. The second kappa shape index (κ2) is 11.3. The van der Waals surface area contributed by atoms with Crippen LogP contribution in [0.15, 0.2) is 42.5 Å². The van der Waals surface area contributed by atoms with Crippen molar-refractivity contribution < 1.29 is 24.0 Å². The van der Waals surface area contributed by atoms with E-state index in [0.717, 1.165) is 0 Å². The molecule has 2 aromatic carbocycles. The highest BCUT2D eigenvalue weighted by Crippen LogP contribution is 2.30. The Labute approximate surface area is 191 Å². The number of carbonyl (C=O) groups excluding carboxylic acids is 2. The number of nitrogens with zero attached hydrogens (tertiary/aromatic N) is 2. The summed E-state index contributed by atoms with van der Waals surface area (Å²) in [7, 11) is 1.30. The van der Waals surface area contributed by atoms with Crippen LogP contribution in [0.4, 0.5) is 5.69 Å². The second-order valence-electron chi connectivity index (χ2n) is 7.33. The van der Waals surface area contributed by atoms with Crippen LogP contribution >= 0.6 is 11.6 Å². The molecule has 1 N–H and O–H groups in total. The Morgan fingerprint density at radius 3 is 2.47 bits per heavy atom. The van der Waals surface area contributed by atoms with Crippen LogP contribution < -0.4 is 14.8 Å². The quantitative estimate of drug-likeness (QED) is 0.426. The molecular formula is C22H26ClN3O6. The van der Waals surface area contributed by atoms with Gasteiger partial charge in [0.1, 0.15) is 11.8 Å². The Hall–Kier alpha value is -3.33. The second-order valence-corrected chi connectivity index (χ2v) is 7.74. The Morgan fingerprint density at radius 2 is 1.88 bits per heavy atom. The summed E-state index contributed by atoms with van der Waals surface area (Å²) in [6.45, 7) is 5.01. The van der Waals surface area contributed by atoms with Gasteiger partial charge in [-0.2, -0.15) is 0 Å². The molecule has 0 saturated carbocycles. The zero-order valence-corrected chi connectivity index (χ0v) is 19.1. The monoisotopic (exact) mass is 463 g/mol. The minimum absolute atomic E-state index is 0.0116. The number of nitrogens with one attached hydrogen (secondary N) is 1. The summed E-state index contributed by atoms with van der Waals surface area (Å²) in [6, 6.07) is 10.1. The van der Waals surface area contributed by atoms with E-state index in [0.29, 0.717) is 10.6 Å². The molecule has 1 unspecified atom stereocenters. The van der Waals surface area contributed by atoms with Crippen LogP contribution in [0.3, 0.4) is 0 Å². The van der Waals surface area contributed by atoms with Gasteiger partial charge in [0.25, 0.3) is 5.91 Å². The van der Waals surface area contributed by atoms with Crippen molar-refractivity contribution in [3.05, 3.63) is 63.2 Å². The number of benzene rings is 2. The summed E-state index contributed by atoms with van der Waals surface area (Å²) in [5, 5.41) is 14.3. The molecule has 9 nitrogen and oxygen atoms in total. The van der Waals surface area contributed by atoms with Gasteiger partial charge in [-0.25, -0.2) is 0 Å². The Morgan fingerprint density at radius 1 is 1.19 bits per heavy atom. The lowest BCUT2D eigenvalue weighted by Crippen LogP contribution is -2.50. The van der Waals surface area contributed by atoms with E-state index in [9.17, 15) is 19.7 Å². The molecule has 0 saturated heterocycles. The predicted octanol–water partition coefficient (Wildman–Crippen LogP) is 3.58. The number of methoxy groups -OCH3 is 1. The van der Waals surface area contributed by atoms with E-state index in [1.165, 1.54) is 30.2 Å². The fourth-order valence-corrected chi connectivity index (χ4v) is 3.12. The van der Waals surface area contributed by atoms with E-state index < -0.39 is 16.9 Å². The lowest BCUT2D eigenvalue weighted by atomic mass is 10.1. The molecule has 0 heterocycles. The zero-order chi connectivity index (χ0) is 23.8. The van der Waals surface area contributed by atoms with Gasteiger partial charge >= 0.3 is 5.69 Å². The summed E-state index contributed by atoms with van der Waals surface area (Å²) in [6.07, 6.45) is 0. The standard InChI is InChI=1S/C22H26ClN3O6/c1-14(2)24-22(28)15(3)25(12-16-7-5-6-8-18(16)23)21(27)13-32-17-9-10-19(26(29)30)20(11-17)31-4/h5-11,14-15H,12-13H2,1-4H3,(H,24,28). The average molecular weight is 464 g/mol. The third-order valence-electron chi connectivity index (χ3n) is 4.61. The van der Waals surface area contributed by atoms with Crippen molar-refractivity contribution in [1.82, 2.24) is 10.2 Å². The number of rotatable bonds is 10. The van der Waals surface area contributed by atoms with E-state index in [4.69, 9.17) is 21.1 Å². The fraction of sp³-hybridized carbons (Fsp3) is 0.364. The topological polar surface area (TPSA) is 111 Å². The van der Waals surface area contributed by atoms with Crippen molar-refractivity contribution in [1.29, 1.82) is 0 Å². The molecule has 10 heteroatoms. The van der Waals surface area contributed by atoms with Crippen molar-refractivity contribution >= 4 is 29.1 Å². The molecule has 0 bridgehead atoms. The zero-order valence-electron chi connectivity index (χ0n) is 18.3. The molecule has 2 amide bonds. The molecule has 2 aromatic rings. The first-order valence-corrected chi connectivity index (χ1v) is 10.3. The van der Waals surface area contributed by atoms with Crippen LogP contribution in [-0.4, -0.2) is 47.4 Å². The summed E-state index contributed by atoms with van der Waals surface area (Å²) in [4.78, 5) is 37.4. The highest BCUT2D eigenvalue weighted by Gasteiger charge is 2.27. The van der Waals surface area contributed by atoms with Gasteiger partial charge in [-0.05, 0) is 38.5 Å². The van der Waals surface area contributed by atoms with Crippen LogP contribution in [0.5, 0.6) is 11.5 Å². The van der Waals surface area contributed by atoms with Crippen molar-refractivity contribution in [2.24, 2.45) is 0 Å². The van der Waals surface area contributed by atoms with Gasteiger partial charge in [0.15, 0.2) is 6.61 Å². The van der Waals surface area contributed by atoms with Crippen LogP contribution in [0, 0.1) is 10.1 Å². The van der Waals surface area contributed by atoms with Crippen molar-refractivity contribution in [2.45, 2.75) is 39.4 Å². The van der Waals surface area contributed by atoms with Gasteiger partial charge < -0.3 is 19.7 Å². The molecule has 0 spiro atoms. The Kier molecular flexibility index (Phi) is 8.83. The maximum absolute atomic E-state index is 13.0. The molecule has 0 aliphatic heterocycles. The molecule has 0 aliphatic rings. The molecule has 172 valence electrons. The highest BCUT2D eigenvalue weighted by molar-refractivity contribution is 6.31. The predicted molar refractivity (Wildman–Crippen MR) is 120 cm³/mol. The number of carbonyl (C=O) groups is 2. The summed E-state index contributed by atoms with van der Waals surface area (Å²) in [5.41, 5.74) is 0.467. The molecular weight excluding hydrogens is 438 g/mol. The number of halogens is 1. The lowest BCUT2D eigenvalue weighted by Gasteiger charge is -2.29. The molecule has 0 aliphatic carbocycles. The van der Waals surface area contributed by atoms with Gasteiger partial charge in [0.05, 0.1) is 12.0 Å². The van der Waals surface area contributed by atoms with Gasteiger partial charge in [-0.3, -0.25) is 19.7 Å². The van der Waals surface area contributed by atoms with Crippen LogP contribution in [-0.2, 0) is 16.1 Å². The van der Waals surface area contributed by atoms with Gasteiger partial charge in [0.2, 0.25) is 11.7 Å². The first-order valence-electron chi connectivity index (χ1n) is 9.92. The Bertz CT molecular complexity index is 982. The lowest BCUT2D eigenvalue weighted by molar-refractivity contribution is -0.385. The van der Waals surface area contributed by atoms with E-state index in [1.807, 2.05) is 13.8 Å². The third kappa shape index (κ3) is 6.58. The first-order chi connectivity index (χ1) is 15.1. The van der Waals surface area contributed by atoms with Crippen molar-refractivity contribution in [3.8, 4) is 11.5 Å². The van der Waals surface area contributed by atoms with Gasteiger partial charge in [-0.1, -0.05) is 29.8 Å². The number of nitro groups is 1.